The molecular weight excluding hydrogens is 314 g/mol. The Kier molecular flexibility index (Phi) is 5.47. The number of carboxylic acids is 2. The third kappa shape index (κ3) is 3.68. The number of rotatable bonds is 8. The molecule has 0 saturated carbocycles. The molecule has 0 radical (unpaired) electrons. The van der Waals surface area contributed by atoms with Gasteiger partial charge in [-0.3, -0.25) is 14.5 Å². The summed E-state index contributed by atoms with van der Waals surface area (Å²) in [4.78, 5) is 46.8. The van der Waals surface area contributed by atoms with Crippen LogP contribution in [0.25, 0.3) is 0 Å². The number of carbonyl (C=O) groups excluding carboxylic acids is 2. The molecule has 0 unspecified atom stereocenters. The highest BCUT2D eigenvalue weighted by Crippen LogP contribution is 2.22. The highest BCUT2D eigenvalue weighted by Gasteiger charge is 2.34. The van der Waals surface area contributed by atoms with Crippen LogP contribution in [0, 0.1) is 0 Å². The van der Waals surface area contributed by atoms with Crippen molar-refractivity contribution in [2.45, 2.75) is 25.7 Å². The maximum absolute atomic E-state index is 12.1. The number of unbranched alkanes of at least 4 members (excludes halogenated alkanes) is 3. The summed E-state index contributed by atoms with van der Waals surface area (Å²) in [5.41, 5.74) is 0.186. The van der Waals surface area contributed by atoms with Gasteiger partial charge in [0.05, 0.1) is 11.1 Å². The maximum Gasteiger partial charge on any atom is 0.342 e. The molecule has 0 bridgehead atoms. The first-order valence-corrected chi connectivity index (χ1v) is 7.55. The summed E-state index contributed by atoms with van der Waals surface area (Å²) < 4.78 is 0. The highest BCUT2D eigenvalue weighted by atomic mass is 16.4. The Bertz CT molecular complexity index is 671. The van der Waals surface area contributed by atoms with E-state index < -0.39 is 17.5 Å². The third-order valence-electron chi connectivity index (χ3n) is 3.77. The van der Waals surface area contributed by atoms with Crippen LogP contribution in [0.3, 0.4) is 0 Å². The molecular formula is C17H17NO6. The van der Waals surface area contributed by atoms with Gasteiger partial charge in [-0.25, -0.2) is 9.59 Å². The Morgan fingerprint density at radius 3 is 1.96 bits per heavy atom. The molecule has 1 aliphatic rings. The zero-order valence-corrected chi connectivity index (χ0v) is 12.9. The van der Waals surface area contributed by atoms with Crippen molar-refractivity contribution in [2.75, 3.05) is 6.54 Å². The van der Waals surface area contributed by atoms with E-state index in [-0.39, 0.29) is 11.8 Å². The molecule has 0 fully saturated rings. The first-order chi connectivity index (χ1) is 11.4. The summed E-state index contributed by atoms with van der Waals surface area (Å²) in [5, 5.41) is 17.4. The number of nitrogens with zero attached hydrogens (tertiary/aromatic N) is 1. The van der Waals surface area contributed by atoms with Gasteiger partial charge in [-0.1, -0.05) is 24.6 Å². The van der Waals surface area contributed by atoms with Gasteiger partial charge in [0.1, 0.15) is 5.57 Å². The quantitative estimate of drug-likeness (QED) is 0.247. The van der Waals surface area contributed by atoms with Crippen LogP contribution in [0.1, 0.15) is 46.4 Å². The molecule has 0 aliphatic carbocycles. The molecule has 2 amide bonds. The summed E-state index contributed by atoms with van der Waals surface area (Å²) in [7, 11) is 0. The molecule has 1 aliphatic heterocycles. The number of fused-ring (bicyclic) bond motifs is 1. The van der Waals surface area contributed by atoms with Crippen molar-refractivity contribution < 1.29 is 29.4 Å². The van der Waals surface area contributed by atoms with Crippen LogP contribution >= 0.6 is 0 Å². The van der Waals surface area contributed by atoms with Gasteiger partial charge in [0, 0.05) is 6.54 Å². The number of aliphatic carboxylic acids is 2. The van der Waals surface area contributed by atoms with Crippen molar-refractivity contribution in [3.63, 3.8) is 0 Å². The zero-order valence-electron chi connectivity index (χ0n) is 12.9. The Morgan fingerprint density at radius 2 is 1.46 bits per heavy atom. The summed E-state index contributed by atoms with van der Waals surface area (Å²) in [6.45, 7) is 0.292. The molecule has 1 aromatic carbocycles. The molecule has 7 heteroatoms. The minimum Gasteiger partial charge on any atom is -0.477 e. The number of hydrogen-bond acceptors (Lipinski definition) is 4. The molecule has 126 valence electrons. The van der Waals surface area contributed by atoms with E-state index in [0.29, 0.717) is 43.4 Å². The Morgan fingerprint density at radius 1 is 0.917 bits per heavy atom. The van der Waals surface area contributed by atoms with Crippen LogP contribution in [-0.4, -0.2) is 45.4 Å². The largest absolute Gasteiger partial charge is 0.477 e. The van der Waals surface area contributed by atoms with Crippen LogP contribution in [-0.2, 0) is 9.59 Å². The van der Waals surface area contributed by atoms with Crippen molar-refractivity contribution in [1.82, 2.24) is 4.90 Å². The Hall–Kier alpha value is -2.96. The van der Waals surface area contributed by atoms with Crippen molar-refractivity contribution in [2.24, 2.45) is 0 Å². The summed E-state index contributed by atoms with van der Waals surface area (Å²) in [5.74, 6) is -3.52. The van der Waals surface area contributed by atoms with Crippen LogP contribution in [0.5, 0.6) is 0 Å². The molecule has 7 nitrogen and oxygen atoms in total. The van der Waals surface area contributed by atoms with E-state index in [4.69, 9.17) is 10.2 Å². The van der Waals surface area contributed by atoms with Gasteiger partial charge in [0.25, 0.3) is 11.8 Å². The molecule has 1 heterocycles. The first kappa shape index (κ1) is 17.4. The predicted molar refractivity (Wildman–Crippen MR) is 83.6 cm³/mol. The lowest BCUT2D eigenvalue weighted by atomic mass is 10.1. The monoisotopic (exact) mass is 331 g/mol. The van der Waals surface area contributed by atoms with Gasteiger partial charge in [0.15, 0.2) is 0 Å². The van der Waals surface area contributed by atoms with E-state index in [0.717, 1.165) is 0 Å². The smallest absolute Gasteiger partial charge is 0.342 e. The molecule has 2 N–H and O–H groups in total. The molecule has 2 rings (SSSR count). The lowest BCUT2D eigenvalue weighted by molar-refractivity contribution is -0.140. The second-order valence-corrected chi connectivity index (χ2v) is 5.38. The van der Waals surface area contributed by atoms with Gasteiger partial charge >= 0.3 is 11.9 Å². The summed E-state index contributed by atoms with van der Waals surface area (Å²) in [6, 6.07) is 6.67. The SMILES string of the molecule is O=C(O)C(=CCCCCCN1C(=O)c2ccccc2C1=O)C(=O)O. The lowest BCUT2D eigenvalue weighted by Gasteiger charge is -2.13. The summed E-state index contributed by atoms with van der Waals surface area (Å²) >= 11 is 0. The van der Waals surface area contributed by atoms with Gasteiger partial charge in [-0.05, 0) is 31.4 Å². The molecule has 0 aromatic heterocycles. The molecule has 0 saturated heterocycles. The van der Waals surface area contributed by atoms with Gasteiger partial charge in [-0.15, -0.1) is 0 Å². The van der Waals surface area contributed by atoms with Crippen LogP contribution in [0.15, 0.2) is 35.9 Å². The first-order valence-electron chi connectivity index (χ1n) is 7.55. The fraction of sp³-hybridized carbons (Fsp3) is 0.294. The highest BCUT2D eigenvalue weighted by molar-refractivity contribution is 6.21. The second kappa shape index (κ2) is 7.54. The Labute approximate surface area is 138 Å². The van der Waals surface area contributed by atoms with Gasteiger partial charge < -0.3 is 10.2 Å². The van der Waals surface area contributed by atoms with Crippen LogP contribution < -0.4 is 0 Å². The van der Waals surface area contributed by atoms with E-state index in [1.807, 2.05) is 0 Å². The average Bonchev–Trinajstić information content (AvgIpc) is 2.78. The number of hydrogen-bond donors (Lipinski definition) is 2. The minimum atomic E-state index is -1.46. The van der Waals surface area contributed by atoms with Crippen molar-refractivity contribution in [1.29, 1.82) is 0 Å². The number of imide groups is 1. The number of amides is 2. The van der Waals surface area contributed by atoms with E-state index in [1.165, 1.54) is 11.0 Å². The van der Waals surface area contributed by atoms with E-state index in [9.17, 15) is 19.2 Å². The molecule has 24 heavy (non-hydrogen) atoms. The molecule has 0 atom stereocenters. The normalized spacial score (nSPS) is 12.9. The fourth-order valence-electron chi connectivity index (χ4n) is 2.55. The molecule has 1 aromatic rings. The van der Waals surface area contributed by atoms with Crippen molar-refractivity contribution >= 4 is 23.8 Å². The Balaban J connectivity index is 1.79. The lowest BCUT2D eigenvalue weighted by Crippen LogP contribution is -2.30. The third-order valence-corrected chi connectivity index (χ3v) is 3.77. The zero-order chi connectivity index (χ0) is 17.7. The van der Waals surface area contributed by atoms with Crippen LogP contribution in [0.4, 0.5) is 0 Å². The van der Waals surface area contributed by atoms with E-state index >= 15 is 0 Å². The van der Waals surface area contributed by atoms with E-state index in [2.05, 4.69) is 0 Å². The second-order valence-electron chi connectivity index (χ2n) is 5.38. The number of carboxylic acid groups (broad SMARTS) is 2. The minimum absolute atomic E-state index is 0.292. The van der Waals surface area contributed by atoms with Crippen molar-refractivity contribution in [3.8, 4) is 0 Å². The van der Waals surface area contributed by atoms with Crippen LogP contribution in [0.2, 0.25) is 0 Å². The summed E-state index contributed by atoms with van der Waals surface area (Å²) in [6.07, 6.45) is 3.29. The number of benzene rings is 1. The maximum atomic E-state index is 12.1. The standard InChI is InChI=1S/C17H17NO6/c19-14-11-7-4-5-8-12(11)15(20)18(14)10-6-2-1-3-9-13(16(21)22)17(23)24/h4-5,7-9H,1-3,6,10H2,(H,21,22)(H,23,24). The average molecular weight is 331 g/mol. The van der Waals surface area contributed by atoms with Gasteiger partial charge in [-0.2, -0.15) is 0 Å². The molecule has 0 spiro atoms. The van der Waals surface area contributed by atoms with E-state index in [1.54, 1.807) is 24.3 Å². The number of carbonyl (C=O) groups is 4. The topological polar surface area (TPSA) is 112 Å². The van der Waals surface area contributed by atoms with Crippen molar-refractivity contribution in [3.05, 3.63) is 47.0 Å². The van der Waals surface area contributed by atoms with Gasteiger partial charge in [0.2, 0.25) is 0 Å². The number of allylic oxidation sites excluding steroid dienone is 1. The predicted octanol–water partition coefficient (Wildman–Crippen LogP) is 1.94. The fourth-order valence-corrected chi connectivity index (χ4v) is 2.55.